The van der Waals surface area contributed by atoms with Crippen molar-refractivity contribution in [3.8, 4) is 0 Å². The largest absolute Gasteiger partial charge is 0.462 e. The van der Waals surface area contributed by atoms with Crippen LogP contribution in [0.5, 0.6) is 0 Å². The number of aryl methyl sites for hydroxylation is 2. The van der Waals surface area contributed by atoms with E-state index < -0.39 is 29.3 Å². The zero-order valence-corrected chi connectivity index (χ0v) is 16.3. The van der Waals surface area contributed by atoms with Crippen molar-refractivity contribution in [2.45, 2.75) is 20.8 Å². The number of nitrogens with zero attached hydrogens (tertiary/aromatic N) is 1. The molecule has 7 nitrogen and oxygen atoms in total. The lowest BCUT2D eigenvalue weighted by Gasteiger charge is -2.14. The zero-order valence-electron chi connectivity index (χ0n) is 16.3. The lowest BCUT2D eigenvalue weighted by Crippen LogP contribution is -2.30. The van der Waals surface area contributed by atoms with Gasteiger partial charge in [-0.2, -0.15) is 0 Å². The summed E-state index contributed by atoms with van der Waals surface area (Å²) in [5.41, 5.74) is 1.56. The van der Waals surface area contributed by atoms with E-state index in [4.69, 9.17) is 4.74 Å². The number of rotatable bonds is 5. The Labute approximate surface area is 168 Å². The maximum atomic E-state index is 13.0. The third kappa shape index (κ3) is 3.80. The number of ether oxygens (including phenoxy) is 1. The van der Waals surface area contributed by atoms with Crippen LogP contribution in [0.1, 0.15) is 28.4 Å². The number of hydrogen-bond donors (Lipinski definition) is 1. The number of urea groups is 1. The Bertz CT molecular complexity index is 1040. The molecule has 0 saturated carbocycles. The number of anilines is 1. The Morgan fingerprint density at radius 3 is 2.31 bits per heavy atom. The van der Waals surface area contributed by atoms with Crippen LogP contribution in [0.25, 0.3) is 0 Å². The highest BCUT2D eigenvalue weighted by Crippen LogP contribution is 2.26. The van der Waals surface area contributed by atoms with E-state index in [0.717, 1.165) is 16.0 Å². The molecule has 1 saturated heterocycles. The average Bonchev–Trinajstić information content (AvgIpc) is 2.99. The van der Waals surface area contributed by atoms with Crippen LogP contribution < -0.4 is 10.2 Å². The van der Waals surface area contributed by atoms with Gasteiger partial charge in [-0.1, -0.05) is 36.4 Å². The first-order valence-electron chi connectivity index (χ1n) is 9.09. The van der Waals surface area contributed by atoms with Crippen LogP contribution >= 0.6 is 0 Å². The Kier molecular flexibility index (Phi) is 5.59. The number of carbonyl (C=O) groups is 4. The van der Waals surface area contributed by atoms with Crippen LogP contribution in [0.2, 0.25) is 0 Å². The first kappa shape index (κ1) is 20.0. The minimum Gasteiger partial charge on any atom is -0.462 e. The number of amides is 3. The second-order valence-corrected chi connectivity index (χ2v) is 6.50. The van der Waals surface area contributed by atoms with E-state index in [0.29, 0.717) is 5.69 Å². The molecule has 1 aliphatic heterocycles. The topological polar surface area (TPSA) is 92.8 Å². The standard InChI is InChI=1S/C22H20N2O5/c1-4-29-21(27)17(19(25)15-8-6-5-7-9-15)18-20(26)24(22(28)23-18)16-11-10-13(2)14(3)12-16/h5-12H,4H2,1-3H3,(H,23,28). The maximum Gasteiger partial charge on any atom is 0.344 e. The molecule has 7 heteroatoms. The number of benzene rings is 2. The average molecular weight is 392 g/mol. The monoisotopic (exact) mass is 392 g/mol. The first-order chi connectivity index (χ1) is 13.8. The van der Waals surface area contributed by atoms with Crippen molar-refractivity contribution >= 4 is 29.4 Å². The van der Waals surface area contributed by atoms with E-state index in [-0.39, 0.29) is 17.9 Å². The fraction of sp³-hybridized carbons (Fsp3) is 0.182. The Morgan fingerprint density at radius 2 is 1.69 bits per heavy atom. The van der Waals surface area contributed by atoms with Gasteiger partial charge in [-0.15, -0.1) is 0 Å². The van der Waals surface area contributed by atoms with Crippen molar-refractivity contribution in [3.05, 3.63) is 76.5 Å². The van der Waals surface area contributed by atoms with Crippen molar-refractivity contribution in [1.29, 1.82) is 0 Å². The molecule has 0 unspecified atom stereocenters. The molecule has 0 bridgehead atoms. The van der Waals surface area contributed by atoms with E-state index in [1.807, 2.05) is 13.8 Å². The van der Waals surface area contributed by atoms with Crippen LogP contribution in [0.15, 0.2) is 59.8 Å². The van der Waals surface area contributed by atoms with Gasteiger partial charge in [0.15, 0.2) is 0 Å². The summed E-state index contributed by atoms with van der Waals surface area (Å²) in [4.78, 5) is 51.9. The summed E-state index contributed by atoms with van der Waals surface area (Å²) in [7, 11) is 0. The van der Waals surface area contributed by atoms with Crippen molar-refractivity contribution < 1.29 is 23.9 Å². The van der Waals surface area contributed by atoms with Crippen molar-refractivity contribution in [1.82, 2.24) is 5.32 Å². The molecule has 1 N–H and O–H groups in total. The number of ketones is 1. The van der Waals surface area contributed by atoms with Gasteiger partial charge in [-0.25, -0.2) is 14.5 Å². The molecule has 0 spiro atoms. The molecule has 3 rings (SSSR count). The molecule has 0 aliphatic carbocycles. The van der Waals surface area contributed by atoms with Gasteiger partial charge >= 0.3 is 12.0 Å². The molecule has 1 fully saturated rings. The minimum absolute atomic E-state index is 0.0146. The summed E-state index contributed by atoms with van der Waals surface area (Å²) in [5.74, 6) is -2.45. The summed E-state index contributed by atoms with van der Waals surface area (Å²) < 4.78 is 4.98. The summed E-state index contributed by atoms with van der Waals surface area (Å²) in [6.07, 6.45) is 0. The number of hydrogen-bond acceptors (Lipinski definition) is 5. The van der Waals surface area contributed by atoms with Crippen LogP contribution in [0.3, 0.4) is 0 Å². The molecule has 2 aromatic rings. The molecule has 0 atom stereocenters. The molecule has 1 heterocycles. The van der Waals surface area contributed by atoms with Gasteiger partial charge in [0.05, 0.1) is 12.3 Å². The van der Waals surface area contributed by atoms with E-state index in [9.17, 15) is 19.2 Å². The minimum atomic E-state index is -0.966. The lowest BCUT2D eigenvalue weighted by atomic mass is 10.0. The smallest absolute Gasteiger partial charge is 0.344 e. The Morgan fingerprint density at radius 1 is 1.00 bits per heavy atom. The van der Waals surface area contributed by atoms with Crippen molar-refractivity contribution in [2.24, 2.45) is 0 Å². The lowest BCUT2D eigenvalue weighted by molar-refractivity contribution is -0.138. The van der Waals surface area contributed by atoms with Crippen LogP contribution in [0, 0.1) is 13.8 Å². The molecular weight excluding hydrogens is 372 g/mol. The third-order valence-corrected chi connectivity index (χ3v) is 4.59. The molecule has 2 aromatic carbocycles. The third-order valence-electron chi connectivity index (χ3n) is 4.59. The summed E-state index contributed by atoms with van der Waals surface area (Å²) in [6.45, 7) is 5.37. The maximum absolute atomic E-state index is 13.0. The second-order valence-electron chi connectivity index (χ2n) is 6.50. The normalized spacial score (nSPS) is 15.2. The van der Waals surface area contributed by atoms with Crippen molar-refractivity contribution in [2.75, 3.05) is 11.5 Å². The molecule has 148 valence electrons. The first-order valence-corrected chi connectivity index (χ1v) is 9.09. The van der Waals surface area contributed by atoms with Gasteiger partial charge in [-0.05, 0) is 44.0 Å². The molecule has 0 aromatic heterocycles. The predicted octanol–water partition coefficient (Wildman–Crippen LogP) is 3.06. The van der Waals surface area contributed by atoms with Crippen LogP contribution in [-0.4, -0.2) is 30.3 Å². The van der Waals surface area contributed by atoms with Crippen LogP contribution in [-0.2, 0) is 14.3 Å². The molecule has 0 radical (unpaired) electrons. The van der Waals surface area contributed by atoms with Crippen molar-refractivity contribution in [3.63, 3.8) is 0 Å². The Hall–Kier alpha value is -3.74. The number of imide groups is 1. The fourth-order valence-electron chi connectivity index (χ4n) is 2.93. The van der Waals surface area contributed by atoms with E-state index in [1.165, 1.54) is 12.1 Å². The Balaban J connectivity index is 2.10. The molecule has 29 heavy (non-hydrogen) atoms. The summed E-state index contributed by atoms with van der Waals surface area (Å²) in [5, 5.41) is 2.37. The predicted molar refractivity (Wildman–Crippen MR) is 106 cm³/mol. The quantitative estimate of drug-likeness (QED) is 0.211. The highest BCUT2D eigenvalue weighted by Gasteiger charge is 2.41. The highest BCUT2D eigenvalue weighted by atomic mass is 16.5. The SMILES string of the molecule is CCOC(=O)C(C(=O)c1ccccc1)=C1NC(=O)N(c2ccc(C)c(C)c2)C1=O. The number of esters is 1. The number of carbonyl (C=O) groups excluding carboxylic acids is 4. The second kappa shape index (κ2) is 8.10. The van der Waals surface area contributed by atoms with Gasteiger partial charge < -0.3 is 10.1 Å². The van der Waals surface area contributed by atoms with Gasteiger partial charge in [-0.3, -0.25) is 9.59 Å². The van der Waals surface area contributed by atoms with Gasteiger partial charge in [0, 0.05) is 5.56 Å². The van der Waals surface area contributed by atoms with Crippen LogP contribution in [0.4, 0.5) is 10.5 Å². The number of Topliss-reactive ketones (excluding diaryl/α,β-unsaturated/α-hetero) is 1. The zero-order chi connectivity index (χ0) is 21.1. The van der Waals surface area contributed by atoms with Gasteiger partial charge in [0.1, 0.15) is 11.3 Å². The molecule has 1 aliphatic rings. The summed E-state index contributed by atoms with van der Waals surface area (Å²) in [6, 6.07) is 12.4. The van der Waals surface area contributed by atoms with E-state index in [2.05, 4.69) is 5.32 Å². The fourth-order valence-corrected chi connectivity index (χ4v) is 2.93. The van der Waals surface area contributed by atoms with Gasteiger partial charge in [0.25, 0.3) is 5.91 Å². The van der Waals surface area contributed by atoms with Gasteiger partial charge in [0.2, 0.25) is 5.78 Å². The van der Waals surface area contributed by atoms with E-state index in [1.54, 1.807) is 43.3 Å². The van der Waals surface area contributed by atoms with E-state index >= 15 is 0 Å². The molecular formula is C22H20N2O5. The number of nitrogens with one attached hydrogen (secondary N) is 1. The highest BCUT2D eigenvalue weighted by molar-refractivity contribution is 6.34. The summed E-state index contributed by atoms with van der Waals surface area (Å²) >= 11 is 0. The molecule has 3 amide bonds.